The lowest BCUT2D eigenvalue weighted by atomic mass is 10.2. The second-order valence-corrected chi connectivity index (χ2v) is 9.65. The van der Waals surface area contributed by atoms with Crippen LogP contribution in [0.25, 0.3) is 0 Å². The molecule has 0 radical (unpaired) electrons. The highest BCUT2D eigenvalue weighted by atomic mass is 32.2. The number of carbonyl (C=O) groups is 2. The van der Waals surface area contributed by atoms with Crippen LogP contribution in [-0.2, 0) is 23.1 Å². The molecule has 1 aromatic carbocycles. The van der Waals surface area contributed by atoms with Crippen LogP contribution in [0.3, 0.4) is 0 Å². The SMILES string of the molecule is COc1ccc(CNS(=O)(=O)c2ccc(CN3C(=O)c4cccnc4C3=O)s2)cc1. The minimum absolute atomic E-state index is 0.00725. The normalized spacial score (nSPS) is 13.6. The molecule has 0 atom stereocenters. The van der Waals surface area contributed by atoms with Crippen molar-refractivity contribution in [3.63, 3.8) is 0 Å². The van der Waals surface area contributed by atoms with Crippen molar-refractivity contribution in [2.24, 2.45) is 0 Å². The number of sulfonamides is 1. The maximum absolute atomic E-state index is 12.6. The van der Waals surface area contributed by atoms with E-state index in [4.69, 9.17) is 4.74 Å². The predicted molar refractivity (Wildman–Crippen MR) is 110 cm³/mol. The second-order valence-electron chi connectivity index (χ2n) is 6.49. The van der Waals surface area contributed by atoms with Gasteiger partial charge in [-0.15, -0.1) is 11.3 Å². The summed E-state index contributed by atoms with van der Waals surface area (Å²) in [4.78, 5) is 30.5. The Kier molecular flexibility index (Phi) is 5.37. The molecule has 30 heavy (non-hydrogen) atoms. The van der Waals surface area contributed by atoms with Gasteiger partial charge in [-0.3, -0.25) is 19.5 Å². The predicted octanol–water partition coefficient (Wildman–Crippen LogP) is 2.43. The molecule has 0 aliphatic carbocycles. The van der Waals surface area contributed by atoms with E-state index in [0.717, 1.165) is 21.8 Å². The Balaban J connectivity index is 1.44. The van der Waals surface area contributed by atoms with Gasteiger partial charge in [-0.25, -0.2) is 13.1 Å². The number of nitrogens with one attached hydrogen (secondary N) is 1. The van der Waals surface area contributed by atoms with Gasteiger partial charge in [0.2, 0.25) is 10.0 Å². The van der Waals surface area contributed by atoms with Crippen molar-refractivity contribution in [2.45, 2.75) is 17.3 Å². The van der Waals surface area contributed by atoms with Gasteiger partial charge in [-0.05, 0) is 42.0 Å². The third-order valence-electron chi connectivity index (χ3n) is 4.57. The van der Waals surface area contributed by atoms with E-state index in [9.17, 15) is 18.0 Å². The van der Waals surface area contributed by atoms with Crippen LogP contribution in [0, 0.1) is 0 Å². The molecule has 0 saturated carbocycles. The molecule has 0 fully saturated rings. The number of methoxy groups -OCH3 is 1. The number of amides is 2. The number of rotatable bonds is 7. The Morgan fingerprint density at radius 3 is 2.53 bits per heavy atom. The molecule has 0 spiro atoms. The van der Waals surface area contributed by atoms with E-state index in [0.29, 0.717) is 10.6 Å². The van der Waals surface area contributed by atoms with Gasteiger partial charge < -0.3 is 4.74 Å². The number of ether oxygens (including phenoxy) is 1. The van der Waals surface area contributed by atoms with Gasteiger partial charge in [0.1, 0.15) is 15.7 Å². The molecule has 3 aromatic rings. The first kappa shape index (κ1) is 20.2. The van der Waals surface area contributed by atoms with Crippen LogP contribution in [0.5, 0.6) is 5.75 Å². The average Bonchev–Trinajstić information content (AvgIpc) is 3.33. The summed E-state index contributed by atoms with van der Waals surface area (Å²) in [7, 11) is -2.17. The lowest BCUT2D eigenvalue weighted by Crippen LogP contribution is -2.28. The summed E-state index contributed by atoms with van der Waals surface area (Å²) < 4.78 is 33.0. The van der Waals surface area contributed by atoms with Crippen LogP contribution >= 0.6 is 11.3 Å². The number of hydrogen-bond donors (Lipinski definition) is 1. The number of thiophene rings is 1. The van der Waals surface area contributed by atoms with Crippen LogP contribution in [0.2, 0.25) is 0 Å². The first-order chi connectivity index (χ1) is 14.4. The number of fused-ring (bicyclic) bond motifs is 1. The Morgan fingerprint density at radius 2 is 1.83 bits per heavy atom. The monoisotopic (exact) mass is 443 g/mol. The summed E-state index contributed by atoms with van der Waals surface area (Å²) in [5.41, 5.74) is 1.16. The molecule has 3 heterocycles. The fraction of sp³-hybridized carbons (Fsp3) is 0.150. The quantitative estimate of drug-likeness (QED) is 0.562. The van der Waals surface area contributed by atoms with E-state index >= 15 is 0 Å². The van der Waals surface area contributed by atoms with E-state index in [2.05, 4.69) is 9.71 Å². The number of aromatic nitrogens is 1. The lowest BCUT2D eigenvalue weighted by Gasteiger charge is -2.11. The zero-order valence-corrected chi connectivity index (χ0v) is 17.5. The van der Waals surface area contributed by atoms with Crippen molar-refractivity contribution >= 4 is 33.2 Å². The van der Waals surface area contributed by atoms with Gasteiger partial charge in [0, 0.05) is 17.6 Å². The lowest BCUT2D eigenvalue weighted by molar-refractivity contribution is 0.0642. The molecule has 0 saturated heterocycles. The molecule has 1 aliphatic heterocycles. The fourth-order valence-electron chi connectivity index (χ4n) is 2.99. The van der Waals surface area contributed by atoms with Gasteiger partial charge in [0.25, 0.3) is 11.8 Å². The van der Waals surface area contributed by atoms with Crippen LogP contribution in [0.1, 0.15) is 31.3 Å². The molecule has 8 nitrogen and oxygen atoms in total. The maximum Gasteiger partial charge on any atom is 0.280 e. The molecular formula is C20H17N3O5S2. The molecule has 1 N–H and O–H groups in total. The molecular weight excluding hydrogens is 426 g/mol. The van der Waals surface area contributed by atoms with Crippen LogP contribution in [-0.4, -0.2) is 37.2 Å². The number of carbonyl (C=O) groups excluding carboxylic acids is 2. The van der Waals surface area contributed by atoms with Crippen molar-refractivity contribution in [1.29, 1.82) is 0 Å². The summed E-state index contributed by atoms with van der Waals surface area (Å²) in [5, 5.41) is 0. The summed E-state index contributed by atoms with van der Waals surface area (Å²) in [6.45, 7) is 0.121. The highest BCUT2D eigenvalue weighted by Gasteiger charge is 2.36. The largest absolute Gasteiger partial charge is 0.497 e. The maximum atomic E-state index is 12.6. The van der Waals surface area contributed by atoms with Crippen molar-refractivity contribution in [1.82, 2.24) is 14.6 Å². The first-order valence-corrected chi connectivity index (χ1v) is 11.2. The molecule has 154 valence electrons. The number of benzene rings is 1. The zero-order valence-electron chi connectivity index (χ0n) is 15.9. The summed E-state index contributed by atoms with van der Waals surface area (Å²) in [6, 6.07) is 13.3. The van der Waals surface area contributed by atoms with Gasteiger partial charge in [-0.2, -0.15) is 0 Å². The van der Waals surface area contributed by atoms with Gasteiger partial charge in [-0.1, -0.05) is 12.1 Å². The minimum Gasteiger partial charge on any atom is -0.497 e. The molecule has 2 amide bonds. The summed E-state index contributed by atoms with van der Waals surface area (Å²) in [5.74, 6) is -0.225. The fourth-order valence-corrected chi connectivity index (χ4v) is 5.40. The average molecular weight is 444 g/mol. The Morgan fingerprint density at radius 1 is 1.07 bits per heavy atom. The van der Waals surface area contributed by atoms with E-state index < -0.39 is 21.8 Å². The van der Waals surface area contributed by atoms with E-state index in [1.54, 1.807) is 49.6 Å². The van der Waals surface area contributed by atoms with Gasteiger partial charge >= 0.3 is 0 Å². The smallest absolute Gasteiger partial charge is 0.280 e. The Bertz CT molecular complexity index is 1180. The highest BCUT2D eigenvalue weighted by Crippen LogP contribution is 2.27. The van der Waals surface area contributed by atoms with Crippen LogP contribution in [0.4, 0.5) is 0 Å². The summed E-state index contributed by atoms with van der Waals surface area (Å²) in [6.07, 6.45) is 1.46. The standard InChI is InChI=1S/C20H17N3O5S2/c1-28-14-6-4-13(5-7-14)11-22-30(26,27)17-9-8-15(29-17)12-23-19(24)16-3-2-10-21-18(16)20(23)25/h2-10,22H,11-12H2,1H3. The molecule has 10 heteroatoms. The van der Waals surface area contributed by atoms with Crippen LogP contribution in [0.15, 0.2) is 58.9 Å². The van der Waals surface area contributed by atoms with Crippen molar-refractivity contribution in [3.05, 3.63) is 76.4 Å². The van der Waals surface area contributed by atoms with Crippen LogP contribution < -0.4 is 9.46 Å². The number of nitrogens with zero attached hydrogens (tertiary/aromatic N) is 2. The van der Waals surface area contributed by atoms with Crippen molar-refractivity contribution in [3.8, 4) is 5.75 Å². The third kappa shape index (κ3) is 3.84. The molecule has 1 aliphatic rings. The first-order valence-electron chi connectivity index (χ1n) is 8.91. The molecule has 4 rings (SSSR count). The number of hydrogen-bond acceptors (Lipinski definition) is 7. The minimum atomic E-state index is -3.73. The zero-order chi connectivity index (χ0) is 21.3. The molecule has 0 bridgehead atoms. The van der Waals surface area contributed by atoms with E-state index in [1.807, 2.05) is 0 Å². The molecule has 2 aromatic heterocycles. The topological polar surface area (TPSA) is 106 Å². The second kappa shape index (κ2) is 7.98. The Hall–Kier alpha value is -3.08. The van der Waals surface area contributed by atoms with E-state index in [1.165, 1.54) is 12.3 Å². The van der Waals surface area contributed by atoms with E-state index in [-0.39, 0.29) is 28.6 Å². The van der Waals surface area contributed by atoms with Crippen molar-refractivity contribution in [2.75, 3.05) is 7.11 Å². The molecule has 0 unspecified atom stereocenters. The van der Waals surface area contributed by atoms with Gasteiger partial charge in [0.15, 0.2) is 0 Å². The third-order valence-corrected chi connectivity index (χ3v) is 7.54. The van der Waals surface area contributed by atoms with Gasteiger partial charge in [0.05, 0.1) is 19.2 Å². The summed E-state index contributed by atoms with van der Waals surface area (Å²) >= 11 is 1.01. The number of imide groups is 1. The van der Waals surface area contributed by atoms with Crippen molar-refractivity contribution < 1.29 is 22.7 Å². The highest BCUT2D eigenvalue weighted by molar-refractivity contribution is 7.91. The number of pyridine rings is 1. The Labute approximate surface area is 177 Å².